The lowest BCUT2D eigenvalue weighted by Crippen LogP contribution is -2.30. The Morgan fingerprint density at radius 2 is 2.03 bits per heavy atom. The number of carbonyl (C=O) groups excluding carboxylic acids is 1. The molecule has 2 aromatic heterocycles. The van der Waals surface area contributed by atoms with Crippen LogP contribution in [0.2, 0.25) is 0 Å². The average Bonchev–Trinajstić information content (AvgIpc) is 3.01. The highest BCUT2D eigenvalue weighted by Crippen LogP contribution is 2.61. The molecule has 2 fully saturated rings. The number of rotatable bonds is 4. The summed E-state index contributed by atoms with van der Waals surface area (Å²) in [5.41, 5.74) is 3.71. The molecule has 3 aromatic rings. The summed E-state index contributed by atoms with van der Waals surface area (Å²) in [6.07, 6.45) is 4.75. The summed E-state index contributed by atoms with van der Waals surface area (Å²) >= 11 is 0. The zero-order valence-corrected chi connectivity index (χ0v) is 19.8. The van der Waals surface area contributed by atoms with Crippen molar-refractivity contribution >= 4 is 32.5 Å². The third kappa shape index (κ3) is 3.23. The van der Waals surface area contributed by atoms with Gasteiger partial charge in [-0.1, -0.05) is 39.8 Å². The fraction of sp³-hybridized carbons (Fsp3) is 0.458. The van der Waals surface area contributed by atoms with Gasteiger partial charge in [-0.05, 0) is 12.1 Å². The molecule has 168 valence electrons. The Balaban J connectivity index is 1.45. The Labute approximate surface area is 188 Å². The number of fused-ring (bicyclic) bond motifs is 2. The quantitative estimate of drug-likeness (QED) is 0.606. The van der Waals surface area contributed by atoms with Crippen LogP contribution in [0.3, 0.4) is 0 Å². The van der Waals surface area contributed by atoms with Gasteiger partial charge >= 0.3 is 0 Å². The van der Waals surface area contributed by atoms with Gasteiger partial charge in [0.2, 0.25) is 0 Å². The van der Waals surface area contributed by atoms with Gasteiger partial charge in [-0.15, -0.1) is 0 Å². The maximum absolute atomic E-state index is 12.8. The average molecular weight is 453 g/mol. The molecule has 7 nitrogen and oxygen atoms in total. The number of ketones is 1. The summed E-state index contributed by atoms with van der Waals surface area (Å²) in [7, 11) is -3.02. The lowest BCUT2D eigenvalue weighted by molar-refractivity contribution is 0.0860. The Morgan fingerprint density at radius 3 is 2.66 bits per heavy atom. The monoisotopic (exact) mass is 452 g/mol. The Kier molecular flexibility index (Phi) is 4.38. The van der Waals surface area contributed by atoms with E-state index < -0.39 is 15.3 Å². The van der Waals surface area contributed by atoms with Gasteiger partial charge in [-0.25, -0.2) is 18.4 Å². The minimum absolute atomic E-state index is 0.0221. The summed E-state index contributed by atoms with van der Waals surface area (Å²) in [6.45, 7) is 9.22. The second-order valence-corrected chi connectivity index (χ2v) is 12.7. The molecule has 1 saturated carbocycles. The van der Waals surface area contributed by atoms with Crippen LogP contribution in [0.5, 0.6) is 0 Å². The van der Waals surface area contributed by atoms with E-state index in [0.717, 1.165) is 24.3 Å². The lowest BCUT2D eigenvalue weighted by Gasteiger charge is -2.24. The van der Waals surface area contributed by atoms with Crippen LogP contribution in [0.25, 0.3) is 22.4 Å². The SMILES string of the molecule is CC(C)(C)C(=O)c1c[nH]c2ncc(-c3cccc(N4C[C@@H]5[C@@H](S(C)(=O)=O)[C@]5(C)C4)c3)nc12. The standard InChI is InChI=1S/C24H28N4O3S/c1-23(2,3)20(29)16-10-25-22-19(16)27-18(11-26-22)14-7-6-8-15(9-14)28-12-17-21(32(5,30)31)24(17,4)13-28/h6-11,17,21H,12-13H2,1-5H3,(H,25,26)/t17-,21-,24-/m1/s1. The molecule has 0 bridgehead atoms. The smallest absolute Gasteiger partial charge is 0.171 e. The molecule has 1 aliphatic heterocycles. The van der Waals surface area contributed by atoms with Gasteiger partial charge in [0.25, 0.3) is 0 Å². The number of Topliss-reactive ketones (excluding diaryl/α,β-unsaturated/α-hetero) is 1. The van der Waals surface area contributed by atoms with Crippen LogP contribution in [-0.4, -0.2) is 53.7 Å². The maximum Gasteiger partial charge on any atom is 0.171 e. The second-order valence-electron chi connectivity index (χ2n) is 10.5. The molecular weight excluding hydrogens is 424 g/mol. The lowest BCUT2D eigenvalue weighted by atomic mass is 9.87. The number of piperidine rings is 1. The van der Waals surface area contributed by atoms with E-state index in [1.807, 2.05) is 39.0 Å². The van der Waals surface area contributed by atoms with Crippen LogP contribution < -0.4 is 4.90 Å². The molecular formula is C24H28N4O3S. The van der Waals surface area contributed by atoms with E-state index in [2.05, 4.69) is 27.9 Å². The molecule has 1 N–H and O–H groups in total. The van der Waals surface area contributed by atoms with Crippen molar-refractivity contribution in [2.24, 2.45) is 16.7 Å². The van der Waals surface area contributed by atoms with Crippen LogP contribution in [0.15, 0.2) is 36.7 Å². The number of anilines is 1. The van der Waals surface area contributed by atoms with Crippen molar-refractivity contribution in [1.29, 1.82) is 0 Å². The summed E-state index contributed by atoms with van der Waals surface area (Å²) in [6, 6.07) is 8.07. The largest absolute Gasteiger partial charge is 0.371 e. The normalized spacial score (nSPS) is 25.2. The van der Waals surface area contributed by atoms with Crippen LogP contribution in [0.1, 0.15) is 38.1 Å². The predicted molar refractivity (Wildman–Crippen MR) is 126 cm³/mol. The van der Waals surface area contributed by atoms with Gasteiger partial charge in [0.1, 0.15) is 5.52 Å². The highest BCUT2D eigenvalue weighted by Gasteiger charge is 2.70. The first-order chi connectivity index (χ1) is 14.9. The van der Waals surface area contributed by atoms with Crippen molar-refractivity contribution in [2.75, 3.05) is 24.2 Å². The summed E-state index contributed by atoms with van der Waals surface area (Å²) in [5.74, 6) is 0.206. The van der Waals surface area contributed by atoms with Crippen molar-refractivity contribution < 1.29 is 13.2 Å². The number of H-pyrrole nitrogens is 1. The third-order valence-electron chi connectivity index (χ3n) is 6.98. The second kappa shape index (κ2) is 6.63. The van der Waals surface area contributed by atoms with Gasteiger partial charge in [0.05, 0.1) is 22.7 Å². The van der Waals surface area contributed by atoms with E-state index in [0.29, 0.717) is 22.4 Å². The molecule has 5 rings (SSSR count). The van der Waals surface area contributed by atoms with Gasteiger partial charge in [0, 0.05) is 53.5 Å². The number of hydrogen-bond acceptors (Lipinski definition) is 6. The molecule has 0 amide bonds. The van der Waals surface area contributed by atoms with Crippen LogP contribution in [0, 0.1) is 16.7 Å². The van der Waals surface area contributed by atoms with Gasteiger partial charge in [-0.2, -0.15) is 0 Å². The first-order valence-corrected chi connectivity index (χ1v) is 12.8. The number of sulfone groups is 1. The third-order valence-corrected chi connectivity index (χ3v) is 8.77. The van der Waals surface area contributed by atoms with E-state index in [4.69, 9.17) is 4.98 Å². The van der Waals surface area contributed by atoms with Crippen LogP contribution in [0.4, 0.5) is 5.69 Å². The molecule has 2 aliphatic rings. The number of nitrogens with one attached hydrogen (secondary N) is 1. The Bertz CT molecular complexity index is 1360. The predicted octanol–water partition coefficient (Wildman–Crippen LogP) is 3.72. The molecule has 3 heterocycles. The van der Waals surface area contributed by atoms with Gasteiger partial charge in [-0.3, -0.25) is 4.79 Å². The zero-order valence-electron chi connectivity index (χ0n) is 19.0. The Morgan fingerprint density at radius 1 is 1.28 bits per heavy atom. The summed E-state index contributed by atoms with van der Waals surface area (Å²) < 4.78 is 24.1. The minimum Gasteiger partial charge on any atom is -0.371 e. The molecule has 0 spiro atoms. The fourth-order valence-electron chi connectivity index (χ4n) is 5.29. The van der Waals surface area contributed by atoms with Crippen LogP contribution >= 0.6 is 0 Å². The van der Waals surface area contributed by atoms with E-state index in [1.165, 1.54) is 6.26 Å². The molecule has 1 saturated heterocycles. The van der Waals surface area contributed by atoms with Crippen molar-refractivity contribution in [1.82, 2.24) is 15.0 Å². The van der Waals surface area contributed by atoms with Crippen molar-refractivity contribution in [3.63, 3.8) is 0 Å². The minimum atomic E-state index is -3.02. The topological polar surface area (TPSA) is 96.0 Å². The number of aromatic nitrogens is 3. The number of benzene rings is 1. The van der Waals surface area contributed by atoms with Gasteiger partial charge in [0.15, 0.2) is 21.3 Å². The molecule has 0 radical (unpaired) electrons. The molecule has 1 aromatic carbocycles. The molecule has 32 heavy (non-hydrogen) atoms. The fourth-order valence-corrected chi connectivity index (χ4v) is 7.44. The van der Waals surface area contributed by atoms with Gasteiger partial charge < -0.3 is 9.88 Å². The number of hydrogen-bond donors (Lipinski definition) is 1. The van der Waals surface area contributed by atoms with Crippen molar-refractivity contribution in [3.05, 3.63) is 42.2 Å². The Hall–Kier alpha value is -2.74. The molecule has 0 unspecified atom stereocenters. The highest BCUT2D eigenvalue weighted by atomic mass is 32.2. The first-order valence-electron chi connectivity index (χ1n) is 10.8. The number of carbonyl (C=O) groups is 1. The zero-order chi connectivity index (χ0) is 23.1. The molecule has 1 aliphatic carbocycles. The summed E-state index contributed by atoms with van der Waals surface area (Å²) in [5, 5.41) is -0.227. The van der Waals surface area contributed by atoms with E-state index in [1.54, 1.807) is 12.4 Å². The van der Waals surface area contributed by atoms with E-state index in [-0.39, 0.29) is 22.4 Å². The molecule has 8 heteroatoms. The van der Waals surface area contributed by atoms with E-state index >= 15 is 0 Å². The highest BCUT2D eigenvalue weighted by molar-refractivity contribution is 7.91. The molecule has 3 atom stereocenters. The maximum atomic E-state index is 12.8. The van der Waals surface area contributed by atoms with Crippen molar-refractivity contribution in [3.8, 4) is 11.3 Å². The van der Waals surface area contributed by atoms with E-state index in [9.17, 15) is 13.2 Å². The van der Waals surface area contributed by atoms with Crippen LogP contribution in [-0.2, 0) is 9.84 Å². The first kappa shape index (κ1) is 21.1. The number of nitrogens with zero attached hydrogens (tertiary/aromatic N) is 3. The van der Waals surface area contributed by atoms with Crippen molar-refractivity contribution in [2.45, 2.75) is 32.9 Å². The number of aromatic amines is 1. The summed E-state index contributed by atoms with van der Waals surface area (Å²) in [4.78, 5) is 27.4.